The summed E-state index contributed by atoms with van der Waals surface area (Å²) in [6.45, 7) is 5.19. The molecule has 0 radical (unpaired) electrons. The van der Waals surface area contributed by atoms with E-state index < -0.39 is 0 Å². The van der Waals surface area contributed by atoms with Gasteiger partial charge in [0.15, 0.2) is 0 Å². The minimum Gasteiger partial charge on any atom is -1.00 e. The van der Waals surface area contributed by atoms with Gasteiger partial charge < -0.3 is 22.0 Å². The van der Waals surface area contributed by atoms with Crippen molar-refractivity contribution in [2.75, 3.05) is 19.7 Å². The lowest BCUT2D eigenvalue weighted by molar-refractivity contribution is -0.928. The lowest BCUT2D eigenvalue weighted by Crippen LogP contribution is -3.16. The van der Waals surface area contributed by atoms with Crippen molar-refractivity contribution in [2.45, 2.75) is 44.6 Å². The Kier molecular flexibility index (Phi) is 8.83. The van der Waals surface area contributed by atoms with Crippen molar-refractivity contribution < 1.29 is 26.8 Å². The molecule has 0 saturated carbocycles. The van der Waals surface area contributed by atoms with Gasteiger partial charge >= 0.3 is 5.97 Å². The number of rotatable bonds is 7. The number of hydrogen-bond acceptors (Lipinski definition) is 2. The van der Waals surface area contributed by atoms with Crippen LogP contribution in [0.25, 0.3) is 0 Å². The number of esters is 1. The van der Waals surface area contributed by atoms with Crippen molar-refractivity contribution in [3.63, 3.8) is 0 Å². The molecule has 2 aromatic rings. The predicted molar refractivity (Wildman–Crippen MR) is 104 cm³/mol. The second kappa shape index (κ2) is 11.1. The number of piperidine rings is 1. The van der Waals surface area contributed by atoms with Gasteiger partial charge in [-0.3, -0.25) is 4.79 Å². The zero-order valence-corrected chi connectivity index (χ0v) is 16.8. The summed E-state index contributed by atoms with van der Waals surface area (Å²) >= 11 is 0. The van der Waals surface area contributed by atoms with Gasteiger partial charge in [-0.1, -0.05) is 60.7 Å². The molecule has 1 aliphatic rings. The van der Waals surface area contributed by atoms with E-state index in [2.05, 4.69) is 6.92 Å². The van der Waals surface area contributed by atoms with Crippen LogP contribution < -0.4 is 17.3 Å². The van der Waals surface area contributed by atoms with E-state index in [0.29, 0.717) is 6.61 Å². The lowest BCUT2D eigenvalue weighted by atomic mass is 9.91. The van der Waals surface area contributed by atoms with Crippen LogP contribution in [-0.2, 0) is 9.53 Å². The average Bonchev–Trinajstić information content (AvgIpc) is 2.68. The standard InChI is InChI=1S/C23H29NO2.ClH/c1-19-11-8-9-16-24(19)17-10-18-26-23(25)22(20-12-4-2-5-13-20)21-14-6-3-7-15-21;/h2-7,12-15,19,22H,8-11,16-18H2,1H3;1H. The van der Waals surface area contributed by atoms with E-state index in [1.807, 2.05) is 60.7 Å². The molecule has 1 fully saturated rings. The third kappa shape index (κ3) is 6.08. The Bertz CT molecular complexity index is 638. The second-order valence-electron chi connectivity index (χ2n) is 7.33. The molecule has 146 valence electrons. The molecule has 3 rings (SSSR count). The summed E-state index contributed by atoms with van der Waals surface area (Å²) < 4.78 is 5.69. The SMILES string of the molecule is CC1CCCC[NH+]1CCCOC(=O)C(c1ccccc1)c1ccccc1.[Cl-]. The lowest BCUT2D eigenvalue weighted by Gasteiger charge is -2.30. The summed E-state index contributed by atoms with van der Waals surface area (Å²) in [7, 11) is 0. The number of halogens is 1. The average molecular weight is 388 g/mol. The molecule has 2 unspecified atom stereocenters. The molecular weight excluding hydrogens is 358 g/mol. The summed E-state index contributed by atoms with van der Waals surface area (Å²) in [5.74, 6) is -0.497. The molecule has 1 N–H and O–H groups in total. The highest BCUT2D eigenvalue weighted by Gasteiger charge is 2.25. The van der Waals surface area contributed by atoms with Gasteiger partial charge in [0, 0.05) is 6.42 Å². The number of hydrogen-bond donors (Lipinski definition) is 1. The van der Waals surface area contributed by atoms with Crippen LogP contribution in [0.1, 0.15) is 49.7 Å². The molecule has 0 aromatic heterocycles. The zero-order valence-electron chi connectivity index (χ0n) is 16.1. The summed E-state index contributed by atoms with van der Waals surface area (Å²) in [6, 6.07) is 20.6. The van der Waals surface area contributed by atoms with E-state index in [1.54, 1.807) is 4.90 Å². The minimum absolute atomic E-state index is 0. The molecule has 4 heteroatoms. The summed E-state index contributed by atoms with van der Waals surface area (Å²) in [5.41, 5.74) is 1.97. The number of likely N-dealkylation sites (tertiary alicyclic amines) is 1. The van der Waals surface area contributed by atoms with Crippen LogP contribution >= 0.6 is 0 Å². The first-order valence-electron chi connectivity index (χ1n) is 9.87. The Morgan fingerprint density at radius 3 is 2.19 bits per heavy atom. The van der Waals surface area contributed by atoms with E-state index in [-0.39, 0.29) is 24.3 Å². The van der Waals surface area contributed by atoms with Crippen molar-refractivity contribution in [3.05, 3.63) is 71.8 Å². The van der Waals surface area contributed by atoms with Gasteiger partial charge in [-0.05, 0) is 37.3 Å². The van der Waals surface area contributed by atoms with Crippen molar-refractivity contribution >= 4 is 5.97 Å². The molecule has 0 amide bonds. The summed E-state index contributed by atoms with van der Waals surface area (Å²) in [6.07, 6.45) is 4.93. The molecule has 27 heavy (non-hydrogen) atoms. The quantitative estimate of drug-likeness (QED) is 0.544. The molecule has 1 aliphatic heterocycles. The normalized spacial score (nSPS) is 19.3. The summed E-state index contributed by atoms with van der Waals surface area (Å²) in [4.78, 5) is 14.5. The fourth-order valence-electron chi connectivity index (χ4n) is 3.94. The maximum atomic E-state index is 12.8. The van der Waals surface area contributed by atoms with Crippen molar-refractivity contribution in [1.82, 2.24) is 0 Å². The van der Waals surface area contributed by atoms with E-state index in [1.165, 1.54) is 25.8 Å². The van der Waals surface area contributed by atoms with Crippen LogP contribution in [0, 0.1) is 0 Å². The highest BCUT2D eigenvalue weighted by Crippen LogP contribution is 2.25. The maximum absolute atomic E-state index is 12.8. The van der Waals surface area contributed by atoms with Crippen LogP contribution in [0.15, 0.2) is 60.7 Å². The van der Waals surface area contributed by atoms with Crippen molar-refractivity contribution in [2.24, 2.45) is 0 Å². The highest BCUT2D eigenvalue weighted by atomic mass is 35.5. The second-order valence-corrected chi connectivity index (χ2v) is 7.33. The van der Waals surface area contributed by atoms with E-state index in [4.69, 9.17) is 4.74 Å². The van der Waals surface area contributed by atoms with Gasteiger partial charge in [-0.2, -0.15) is 0 Å². The molecular formula is C23H30ClNO2. The number of quaternary nitrogens is 1. The molecule has 1 saturated heterocycles. The third-order valence-electron chi connectivity index (χ3n) is 5.47. The molecule has 1 heterocycles. The zero-order chi connectivity index (χ0) is 18.2. The molecule has 3 nitrogen and oxygen atoms in total. The first-order valence-corrected chi connectivity index (χ1v) is 9.87. The van der Waals surface area contributed by atoms with Gasteiger partial charge in [0.1, 0.15) is 5.92 Å². The van der Waals surface area contributed by atoms with E-state index in [0.717, 1.165) is 30.1 Å². The number of carbonyl (C=O) groups excluding carboxylic acids is 1. The van der Waals surface area contributed by atoms with Crippen LogP contribution in [0.4, 0.5) is 0 Å². The van der Waals surface area contributed by atoms with Crippen LogP contribution in [0.5, 0.6) is 0 Å². The Hall–Kier alpha value is -1.84. The van der Waals surface area contributed by atoms with Crippen molar-refractivity contribution in [1.29, 1.82) is 0 Å². The molecule has 2 aromatic carbocycles. The molecule has 0 aliphatic carbocycles. The Morgan fingerprint density at radius 1 is 1.04 bits per heavy atom. The fourth-order valence-corrected chi connectivity index (χ4v) is 3.94. The summed E-state index contributed by atoms with van der Waals surface area (Å²) in [5, 5.41) is 0. The Morgan fingerprint density at radius 2 is 1.63 bits per heavy atom. The fraction of sp³-hybridized carbons (Fsp3) is 0.435. The molecule has 2 atom stereocenters. The highest BCUT2D eigenvalue weighted by molar-refractivity contribution is 5.82. The number of nitrogens with one attached hydrogen (secondary N) is 1. The smallest absolute Gasteiger partial charge is 0.317 e. The Balaban J connectivity index is 0.00000261. The third-order valence-corrected chi connectivity index (χ3v) is 5.47. The Labute approximate surface area is 169 Å². The van der Waals surface area contributed by atoms with Crippen LogP contribution in [0.3, 0.4) is 0 Å². The molecule has 0 bridgehead atoms. The van der Waals surface area contributed by atoms with Crippen molar-refractivity contribution in [3.8, 4) is 0 Å². The molecule has 0 spiro atoms. The number of benzene rings is 2. The van der Waals surface area contributed by atoms with Gasteiger partial charge in [0.2, 0.25) is 0 Å². The maximum Gasteiger partial charge on any atom is 0.317 e. The first-order chi connectivity index (χ1) is 12.8. The number of ether oxygens (including phenoxy) is 1. The van der Waals surface area contributed by atoms with Crippen LogP contribution in [0.2, 0.25) is 0 Å². The minimum atomic E-state index is -0.348. The number of carbonyl (C=O) groups is 1. The first kappa shape index (κ1) is 21.5. The van der Waals surface area contributed by atoms with Gasteiger partial charge in [0.05, 0.1) is 25.7 Å². The van der Waals surface area contributed by atoms with Gasteiger partial charge in [0.25, 0.3) is 0 Å². The van der Waals surface area contributed by atoms with Gasteiger partial charge in [-0.25, -0.2) is 0 Å². The largest absolute Gasteiger partial charge is 1.00 e. The van der Waals surface area contributed by atoms with Gasteiger partial charge in [-0.15, -0.1) is 0 Å². The van der Waals surface area contributed by atoms with E-state index >= 15 is 0 Å². The monoisotopic (exact) mass is 387 g/mol. The predicted octanol–water partition coefficient (Wildman–Crippen LogP) is 0.213. The van der Waals surface area contributed by atoms with Crippen LogP contribution in [-0.4, -0.2) is 31.7 Å². The topological polar surface area (TPSA) is 30.7 Å². The van der Waals surface area contributed by atoms with E-state index in [9.17, 15) is 4.79 Å².